The molecule has 3 rings (SSSR count). The fourth-order valence-electron chi connectivity index (χ4n) is 4.09. The molecule has 2 fully saturated rings. The molecule has 166 valence electrons. The maximum atomic E-state index is 13.0. The van der Waals surface area contributed by atoms with E-state index in [0.29, 0.717) is 45.8 Å². The van der Waals surface area contributed by atoms with E-state index in [1.54, 1.807) is 24.9 Å². The molecule has 2 aliphatic heterocycles. The Morgan fingerprint density at radius 2 is 1.94 bits per heavy atom. The van der Waals surface area contributed by atoms with Crippen molar-refractivity contribution in [3.05, 3.63) is 31.9 Å². The number of morpholine rings is 1. The van der Waals surface area contributed by atoms with Crippen LogP contribution in [0, 0.1) is 18.3 Å². The molecule has 2 aliphatic rings. The second-order valence-electron chi connectivity index (χ2n) is 8.06. The first-order chi connectivity index (χ1) is 14.7. The number of carbonyl (C=O) groups excluding carboxylic acids is 1. The molecule has 1 aromatic rings. The molecule has 31 heavy (non-hydrogen) atoms. The van der Waals surface area contributed by atoms with Crippen molar-refractivity contribution in [3.63, 3.8) is 0 Å². The fourth-order valence-corrected chi connectivity index (χ4v) is 5.38. The fraction of sp³-hybridized carbons (Fsp3) is 0.545. The van der Waals surface area contributed by atoms with Crippen LogP contribution in [0.25, 0.3) is 6.08 Å². The summed E-state index contributed by atoms with van der Waals surface area (Å²) >= 11 is 6.70. The van der Waals surface area contributed by atoms with Crippen LogP contribution in [0.3, 0.4) is 0 Å². The van der Waals surface area contributed by atoms with Crippen LogP contribution >= 0.6 is 24.0 Å². The molecule has 9 heteroatoms. The van der Waals surface area contributed by atoms with Crippen molar-refractivity contribution < 1.29 is 9.53 Å². The van der Waals surface area contributed by atoms with Crippen molar-refractivity contribution >= 4 is 46.1 Å². The van der Waals surface area contributed by atoms with Gasteiger partial charge in [-0.25, -0.2) is 0 Å². The summed E-state index contributed by atoms with van der Waals surface area (Å²) in [4.78, 5) is 30.2. The van der Waals surface area contributed by atoms with Gasteiger partial charge in [-0.3, -0.25) is 19.1 Å². The first-order valence-electron chi connectivity index (χ1n) is 10.5. The Kier molecular flexibility index (Phi) is 7.24. The van der Waals surface area contributed by atoms with E-state index < -0.39 is 0 Å². The summed E-state index contributed by atoms with van der Waals surface area (Å²) in [5.74, 6) is 0.576. The molecule has 0 N–H and O–H groups in total. The van der Waals surface area contributed by atoms with Crippen LogP contribution in [-0.2, 0) is 16.6 Å². The second-order valence-corrected chi connectivity index (χ2v) is 9.74. The Balaban J connectivity index is 2.15. The summed E-state index contributed by atoms with van der Waals surface area (Å²) in [6, 6.07) is 2.04. The van der Waals surface area contributed by atoms with E-state index in [9.17, 15) is 14.9 Å². The molecule has 2 unspecified atom stereocenters. The lowest BCUT2D eigenvalue weighted by Crippen LogP contribution is -2.47. The highest BCUT2D eigenvalue weighted by Crippen LogP contribution is 2.36. The van der Waals surface area contributed by atoms with Crippen molar-refractivity contribution in [2.45, 2.75) is 52.7 Å². The molecule has 0 bridgehead atoms. The molecule has 0 saturated carbocycles. The number of anilines is 1. The van der Waals surface area contributed by atoms with E-state index in [2.05, 4.69) is 11.8 Å². The summed E-state index contributed by atoms with van der Waals surface area (Å²) in [6.07, 6.45) is 3.64. The second kappa shape index (κ2) is 9.55. The monoisotopic (exact) mass is 460 g/mol. The van der Waals surface area contributed by atoms with Crippen LogP contribution in [0.4, 0.5) is 5.82 Å². The van der Waals surface area contributed by atoms with E-state index in [4.69, 9.17) is 17.0 Å². The zero-order valence-electron chi connectivity index (χ0n) is 18.6. The van der Waals surface area contributed by atoms with Crippen molar-refractivity contribution in [2.24, 2.45) is 7.05 Å². The summed E-state index contributed by atoms with van der Waals surface area (Å²) in [6.45, 7) is 9.65. The maximum absolute atomic E-state index is 13.0. The van der Waals surface area contributed by atoms with Gasteiger partial charge in [0.25, 0.3) is 11.5 Å². The Labute approximate surface area is 192 Å². The summed E-state index contributed by atoms with van der Waals surface area (Å²) in [5, 5.41) is 9.61. The van der Waals surface area contributed by atoms with Gasteiger partial charge in [0.15, 0.2) is 0 Å². The molecule has 0 aromatic carbocycles. The number of pyridine rings is 1. The number of amides is 1. The third-order valence-electron chi connectivity index (χ3n) is 5.57. The van der Waals surface area contributed by atoms with Gasteiger partial charge in [-0.1, -0.05) is 37.3 Å². The average Bonchev–Trinajstić information content (AvgIpc) is 2.97. The highest BCUT2D eigenvalue weighted by molar-refractivity contribution is 8.26. The van der Waals surface area contributed by atoms with Crippen LogP contribution in [0.1, 0.15) is 50.3 Å². The molecular weight excluding hydrogens is 432 g/mol. The third kappa shape index (κ3) is 4.56. The highest BCUT2D eigenvalue weighted by atomic mass is 32.2. The van der Waals surface area contributed by atoms with Gasteiger partial charge >= 0.3 is 0 Å². The van der Waals surface area contributed by atoms with E-state index in [1.807, 2.05) is 19.9 Å². The van der Waals surface area contributed by atoms with Gasteiger partial charge in [0.05, 0.1) is 17.1 Å². The Hall–Kier alpha value is -2.15. The molecule has 0 radical (unpaired) electrons. The van der Waals surface area contributed by atoms with Crippen LogP contribution < -0.4 is 10.5 Å². The highest BCUT2D eigenvalue weighted by Gasteiger charge is 2.33. The van der Waals surface area contributed by atoms with Crippen LogP contribution in [0.5, 0.6) is 0 Å². The predicted molar refractivity (Wildman–Crippen MR) is 128 cm³/mol. The number of nitriles is 1. The number of unbranched alkanes of at least 4 members (excludes halogenated alkanes) is 1. The average molecular weight is 461 g/mol. The largest absolute Gasteiger partial charge is 0.372 e. The van der Waals surface area contributed by atoms with Gasteiger partial charge in [0.2, 0.25) is 0 Å². The lowest BCUT2D eigenvalue weighted by Gasteiger charge is -2.38. The topological polar surface area (TPSA) is 78.6 Å². The number of ether oxygens (including phenoxy) is 1. The van der Waals surface area contributed by atoms with Gasteiger partial charge in [-0.05, 0) is 38.8 Å². The van der Waals surface area contributed by atoms with Gasteiger partial charge in [0, 0.05) is 32.2 Å². The van der Waals surface area contributed by atoms with E-state index >= 15 is 0 Å². The molecule has 2 saturated heterocycles. The summed E-state index contributed by atoms with van der Waals surface area (Å²) in [5.41, 5.74) is 1.03. The van der Waals surface area contributed by atoms with Gasteiger partial charge in [-0.2, -0.15) is 5.26 Å². The van der Waals surface area contributed by atoms with Crippen LogP contribution in [-0.4, -0.2) is 51.5 Å². The number of rotatable bonds is 5. The van der Waals surface area contributed by atoms with Crippen LogP contribution in [0.2, 0.25) is 0 Å². The van der Waals surface area contributed by atoms with E-state index in [1.165, 1.54) is 16.3 Å². The van der Waals surface area contributed by atoms with Crippen molar-refractivity contribution in [1.82, 2.24) is 9.47 Å². The molecule has 7 nitrogen and oxygen atoms in total. The van der Waals surface area contributed by atoms with Gasteiger partial charge < -0.3 is 9.64 Å². The van der Waals surface area contributed by atoms with Crippen molar-refractivity contribution in [1.29, 1.82) is 5.26 Å². The van der Waals surface area contributed by atoms with Crippen LogP contribution in [0.15, 0.2) is 9.70 Å². The lowest BCUT2D eigenvalue weighted by atomic mass is 10.0. The molecule has 0 spiro atoms. The zero-order valence-corrected chi connectivity index (χ0v) is 20.2. The molecule has 0 aliphatic carbocycles. The van der Waals surface area contributed by atoms with Crippen molar-refractivity contribution in [2.75, 3.05) is 24.5 Å². The standard InChI is InChI=1S/C22H28N4O3S2/c1-6-7-8-26-21(28)18(31-22(26)30)9-16-15(4)17(10-23)20(27)24(5)19(16)25-11-13(2)29-14(3)12-25/h9,13-14H,6-8,11-12H2,1-5H3. The Bertz CT molecular complexity index is 1030. The number of thioether (sulfide) groups is 1. The van der Waals surface area contributed by atoms with E-state index in [0.717, 1.165) is 12.8 Å². The number of thiocarbonyl (C=S) groups is 1. The third-order valence-corrected chi connectivity index (χ3v) is 6.95. The lowest BCUT2D eigenvalue weighted by molar-refractivity contribution is -0.122. The Morgan fingerprint density at radius 1 is 1.29 bits per heavy atom. The molecule has 3 heterocycles. The summed E-state index contributed by atoms with van der Waals surface area (Å²) < 4.78 is 7.92. The first kappa shape index (κ1) is 23.5. The van der Waals surface area contributed by atoms with Gasteiger partial charge in [-0.15, -0.1) is 0 Å². The Morgan fingerprint density at radius 3 is 2.52 bits per heavy atom. The molecule has 1 amide bonds. The number of hydrogen-bond acceptors (Lipinski definition) is 7. The first-order valence-corrected chi connectivity index (χ1v) is 11.7. The molecule has 1 aromatic heterocycles. The minimum absolute atomic E-state index is 0.00472. The number of carbonyl (C=O) groups is 1. The number of nitrogens with zero attached hydrogens (tertiary/aromatic N) is 4. The summed E-state index contributed by atoms with van der Waals surface area (Å²) in [7, 11) is 1.67. The smallest absolute Gasteiger partial charge is 0.270 e. The number of hydrogen-bond donors (Lipinski definition) is 0. The number of aromatic nitrogens is 1. The van der Waals surface area contributed by atoms with Gasteiger partial charge in [0.1, 0.15) is 21.8 Å². The minimum atomic E-state index is -0.338. The predicted octanol–water partition coefficient (Wildman–Crippen LogP) is 3.18. The quantitative estimate of drug-likeness (QED) is 0.493. The normalized spacial score (nSPS) is 23.0. The van der Waals surface area contributed by atoms with E-state index in [-0.39, 0.29) is 29.2 Å². The minimum Gasteiger partial charge on any atom is -0.372 e. The maximum Gasteiger partial charge on any atom is 0.270 e. The zero-order chi connectivity index (χ0) is 22.9. The SMILES string of the molecule is CCCCN1C(=O)C(=Cc2c(C)c(C#N)c(=O)n(C)c2N2CC(C)OC(C)C2)SC1=S. The molecular formula is C22H28N4O3S2. The molecule has 2 atom stereocenters. The van der Waals surface area contributed by atoms with Crippen molar-refractivity contribution in [3.8, 4) is 6.07 Å².